The van der Waals surface area contributed by atoms with Crippen molar-refractivity contribution in [2.24, 2.45) is 0 Å². The lowest BCUT2D eigenvalue weighted by molar-refractivity contribution is 0.0601. The number of hydrogen-bond donors (Lipinski definition) is 2. The molecule has 1 aromatic heterocycles. The number of amides is 2. The van der Waals surface area contributed by atoms with Crippen LogP contribution in [0.1, 0.15) is 47.1 Å². The van der Waals surface area contributed by atoms with Gasteiger partial charge in [-0.15, -0.1) is 11.3 Å². The van der Waals surface area contributed by atoms with Crippen LogP contribution in [0.15, 0.2) is 42.5 Å². The fraction of sp³-hybridized carbons (Fsp3) is 0.174. The van der Waals surface area contributed by atoms with Gasteiger partial charge in [0.2, 0.25) is 0 Å². The number of hydrogen-bond acceptors (Lipinski definition) is 5. The van der Waals surface area contributed by atoms with E-state index in [-0.39, 0.29) is 21.0 Å². The van der Waals surface area contributed by atoms with Gasteiger partial charge < -0.3 is 15.4 Å². The predicted octanol–water partition coefficient (Wildman–Crippen LogP) is 5.10. The lowest BCUT2D eigenvalue weighted by Gasteiger charge is -2.07. The number of rotatable bonds is 5. The van der Waals surface area contributed by atoms with Crippen LogP contribution in [-0.2, 0) is 4.74 Å². The van der Waals surface area contributed by atoms with Crippen molar-refractivity contribution in [3.8, 4) is 0 Å². The van der Waals surface area contributed by atoms with Crippen molar-refractivity contribution in [2.75, 3.05) is 17.7 Å². The second-order valence-corrected chi connectivity index (χ2v) is 8.06. The van der Waals surface area contributed by atoms with Crippen molar-refractivity contribution < 1.29 is 23.5 Å². The minimum absolute atomic E-state index is 0.105. The Morgan fingerprint density at radius 3 is 2.10 bits per heavy atom. The van der Waals surface area contributed by atoms with E-state index in [9.17, 15) is 18.8 Å². The van der Waals surface area contributed by atoms with Crippen molar-refractivity contribution in [2.45, 2.75) is 20.8 Å². The van der Waals surface area contributed by atoms with Crippen LogP contribution in [0.25, 0.3) is 0 Å². The number of aryl methyl sites for hydroxylation is 2. The number of halogens is 1. The predicted molar refractivity (Wildman–Crippen MR) is 119 cm³/mol. The molecule has 31 heavy (non-hydrogen) atoms. The first-order valence-electron chi connectivity index (χ1n) is 9.38. The number of methoxy groups -OCH3 is 1. The largest absolute Gasteiger partial charge is 0.465 e. The van der Waals surface area contributed by atoms with Gasteiger partial charge in [0, 0.05) is 11.3 Å². The molecule has 2 aromatic carbocycles. The molecule has 160 valence electrons. The summed E-state index contributed by atoms with van der Waals surface area (Å²) >= 11 is 0.973. The van der Waals surface area contributed by atoms with Gasteiger partial charge in [0.15, 0.2) is 0 Å². The highest BCUT2D eigenvalue weighted by Gasteiger charge is 2.26. The average Bonchev–Trinajstić information content (AvgIpc) is 3.03. The number of thiophene rings is 1. The summed E-state index contributed by atoms with van der Waals surface area (Å²) in [6, 6.07) is 10.7. The zero-order valence-corrected chi connectivity index (χ0v) is 18.3. The van der Waals surface area contributed by atoms with Gasteiger partial charge in [-0.05, 0) is 73.9 Å². The van der Waals surface area contributed by atoms with Crippen molar-refractivity contribution >= 4 is 39.8 Å². The highest BCUT2D eigenvalue weighted by molar-refractivity contribution is 7.19. The lowest BCUT2D eigenvalue weighted by Crippen LogP contribution is -2.14. The number of esters is 1. The van der Waals surface area contributed by atoms with E-state index in [2.05, 4.69) is 10.6 Å². The molecule has 1 heterocycles. The first-order chi connectivity index (χ1) is 14.7. The van der Waals surface area contributed by atoms with Gasteiger partial charge in [0.05, 0.1) is 17.6 Å². The van der Waals surface area contributed by atoms with Gasteiger partial charge >= 0.3 is 5.97 Å². The maximum absolute atomic E-state index is 13.1. The first kappa shape index (κ1) is 22.2. The van der Waals surface area contributed by atoms with E-state index in [1.54, 1.807) is 6.92 Å². The molecule has 0 unspecified atom stereocenters. The molecule has 0 fully saturated rings. The molecule has 6 nitrogen and oxygen atoms in total. The maximum atomic E-state index is 13.1. The highest BCUT2D eigenvalue weighted by Crippen LogP contribution is 2.34. The van der Waals surface area contributed by atoms with Crippen LogP contribution < -0.4 is 10.6 Å². The lowest BCUT2D eigenvalue weighted by atomic mass is 10.1. The molecular weight excluding hydrogens is 419 g/mol. The minimum atomic E-state index is -0.673. The van der Waals surface area contributed by atoms with Gasteiger partial charge in [-0.25, -0.2) is 9.18 Å². The SMILES string of the molecule is COC(=O)c1c(NC(=O)c2ccc(F)cc2)sc(C(=O)Nc2cc(C)cc(C)c2)c1C. The van der Waals surface area contributed by atoms with Crippen molar-refractivity contribution in [1.29, 1.82) is 0 Å². The normalized spacial score (nSPS) is 10.5. The van der Waals surface area contributed by atoms with Gasteiger partial charge in [-0.1, -0.05) is 6.07 Å². The van der Waals surface area contributed by atoms with Crippen LogP contribution in [0.3, 0.4) is 0 Å². The molecule has 0 saturated heterocycles. The fourth-order valence-electron chi connectivity index (χ4n) is 3.18. The molecule has 0 saturated carbocycles. The topological polar surface area (TPSA) is 84.5 Å². The van der Waals surface area contributed by atoms with Gasteiger partial charge in [0.25, 0.3) is 11.8 Å². The average molecular weight is 440 g/mol. The van der Waals surface area contributed by atoms with E-state index >= 15 is 0 Å². The van der Waals surface area contributed by atoms with Crippen LogP contribution in [0.5, 0.6) is 0 Å². The van der Waals surface area contributed by atoms with Crippen molar-refractivity contribution in [1.82, 2.24) is 0 Å². The number of ether oxygens (including phenoxy) is 1. The molecule has 3 rings (SSSR count). The second-order valence-electron chi connectivity index (χ2n) is 7.04. The minimum Gasteiger partial charge on any atom is -0.465 e. The smallest absolute Gasteiger partial charge is 0.341 e. The third kappa shape index (κ3) is 4.97. The quantitative estimate of drug-likeness (QED) is 0.541. The second kappa shape index (κ2) is 9.09. The first-order valence-corrected chi connectivity index (χ1v) is 10.2. The Morgan fingerprint density at radius 2 is 1.52 bits per heavy atom. The summed E-state index contributed by atoms with van der Waals surface area (Å²) in [6.45, 7) is 5.47. The molecule has 8 heteroatoms. The number of nitrogens with one attached hydrogen (secondary N) is 2. The van der Waals surface area contributed by atoms with Crippen molar-refractivity contribution in [3.05, 3.63) is 81.0 Å². The fourth-order valence-corrected chi connectivity index (χ4v) is 4.26. The molecule has 2 N–H and O–H groups in total. The van der Waals surface area contributed by atoms with Crippen molar-refractivity contribution in [3.63, 3.8) is 0 Å². The Bertz CT molecular complexity index is 1150. The van der Waals surface area contributed by atoms with Gasteiger partial charge in [-0.2, -0.15) is 0 Å². The monoisotopic (exact) mass is 440 g/mol. The van der Waals surface area contributed by atoms with Gasteiger partial charge in [-0.3, -0.25) is 9.59 Å². The molecule has 0 radical (unpaired) electrons. The van der Waals surface area contributed by atoms with E-state index in [4.69, 9.17) is 4.74 Å². The summed E-state index contributed by atoms with van der Waals surface area (Å²) in [5.74, 6) is -2.08. The van der Waals surface area contributed by atoms with Gasteiger partial charge in [0.1, 0.15) is 10.8 Å². The number of anilines is 2. The van der Waals surface area contributed by atoms with Crippen LogP contribution in [-0.4, -0.2) is 24.9 Å². The standard InChI is InChI=1S/C23H21FN2O4S/c1-12-9-13(2)11-17(10-12)25-21(28)19-14(3)18(23(29)30-4)22(31-19)26-20(27)15-5-7-16(24)8-6-15/h5-11H,1-4H3,(H,25,28)(H,26,27). The molecule has 3 aromatic rings. The Balaban J connectivity index is 1.93. The highest BCUT2D eigenvalue weighted by atomic mass is 32.1. The van der Waals surface area contributed by atoms with Crippen LogP contribution in [0.2, 0.25) is 0 Å². The Morgan fingerprint density at radius 1 is 0.903 bits per heavy atom. The molecule has 0 atom stereocenters. The van der Waals surface area contributed by atoms with E-state index < -0.39 is 23.6 Å². The molecule has 2 amide bonds. The van der Waals surface area contributed by atoms with Crippen LogP contribution >= 0.6 is 11.3 Å². The third-order valence-electron chi connectivity index (χ3n) is 4.56. The molecule has 0 aliphatic carbocycles. The summed E-state index contributed by atoms with van der Waals surface area (Å²) in [6.07, 6.45) is 0. The van der Waals surface area contributed by atoms with Crippen LogP contribution in [0.4, 0.5) is 15.1 Å². The number of carbonyl (C=O) groups excluding carboxylic acids is 3. The Labute approximate surface area is 183 Å². The van der Waals surface area contributed by atoms with E-state index in [0.29, 0.717) is 11.3 Å². The molecule has 0 bridgehead atoms. The Hall–Kier alpha value is -3.52. The summed E-state index contributed by atoms with van der Waals surface area (Å²) in [5, 5.41) is 5.65. The van der Waals surface area contributed by atoms with E-state index in [0.717, 1.165) is 22.5 Å². The number of carbonyl (C=O) groups is 3. The summed E-state index contributed by atoms with van der Waals surface area (Å²) in [5.41, 5.74) is 3.35. The molecule has 0 spiro atoms. The zero-order chi connectivity index (χ0) is 22.7. The zero-order valence-electron chi connectivity index (χ0n) is 17.5. The Kier molecular flexibility index (Phi) is 6.50. The van der Waals surface area contributed by atoms with Crippen LogP contribution in [0, 0.1) is 26.6 Å². The molecule has 0 aliphatic heterocycles. The van der Waals surface area contributed by atoms with E-state index in [1.807, 2.05) is 32.0 Å². The van der Waals surface area contributed by atoms with E-state index in [1.165, 1.54) is 31.4 Å². The summed E-state index contributed by atoms with van der Waals surface area (Å²) in [7, 11) is 1.22. The number of benzene rings is 2. The molecule has 0 aliphatic rings. The summed E-state index contributed by atoms with van der Waals surface area (Å²) < 4.78 is 18.0. The maximum Gasteiger partial charge on any atom is 0.341 e. The summed E-state index contributed by atoms with van der Waals surface area (Å²) in [4.78, 5) is 38.1. The third-order valence-corrected chi connectivity index (χ3v) is 5.76. The molecular formula is C23H21FN2O4S.